The van der Waals surface area contributed by atoms with Gasteiger partial charge < -0.3 is 10.2 Å². The Kier molecular flexibility index (Phi) is 5.72. The second-order valence-electron chi connectivity index (χ2n) is 6.71. The molecule has 1 aromatic rings. The number of aromatic nitrogens is 1. The molecule has 0 radical (unpaired) electrons. The highest BCUT2D eigenvalue weighted by Gasteiger charge is 2.31. The van der Waals surface area contributed by atoms with Gasteiger partial charge in [-0.25, -0.2) is 4.98 Å². The minimum Gasteiger partial charge on any atom is -0.357 e. The number of alkyl halides is 3. The van der Waals surface area contributed by atoms with Gasteiger partial charge in [-0.2, -0.15) is 13.2 Å². The molecule has 4 nitrogen and oxygen atoms in total. The SMILES string of the molecule is CC(C)[C@@H](C)NC(=O)C1CCN(c2ccc(C(F)(F)F)cn2)CC1. The van der Waals surface area contributed by atoms with Crippen molar-refractivity contribution < 1.29 is 18.0 Å². The number of rotatable bonds is 4. The van der Waals surface area contributed by atoms with Gasteiger partial charge in [-0.1, -0.05) is 13.8 Å². The summed E-state index contributed by atoms with van der Waals surface area (Å²) in [6.07, 6.45) is -2.15. The molecule has 24 heavy (non-hydrogen) atoms. The molecule has 0 spiro atoms. The molecule has 0 aromatic carbocycles. The fourth-order valence-corrected chi connectivity index (χ4v) is 2.62. The van der Waals surface area contributed by atoms with E-state index in [1.54, 1.807) is 0 Å². The molecule has 1 aliphatic rings. The van der Waals surface area contributed by atoms with Crippen LogP contribution < -0.4 is 10.2 Å². The number of hydrogen-bond acceptors (Lipinski definition) is 3. The Hall–Kier alpha value is -1.79. The molecule has 1 aliphatic heterocycles. The summed E-state index contributed by atoms with van der Waals surface area (Å²) >= 11 is 0. The number of halogens is 3. The number of carbonyl (C=O) groups is 1. The fraction of sp³-hybridized carbons (Fsp3) is 0.647. The van der Waals surface area contributed by atoms with Crippen molar-refractivity contribution in [3.63, 3.8) is 0 Å². The Labute approximate surface area is 140 Å². The van der Waals surface area contributed by atoms with Crippen molar-refractivity contribution in [3.8, 4) is 0 Å². The topological polar surface area (TPSA) is 45.2 Å². The number of nitrogens with zero attached hydrogens (tertiary/aromatic N) is 2. The molecular weight excluding hydrogens is 319 g/mol. The standard InChI is InChI=1S/C17H24F3N3O/c1-11(2)12(3)22-16(24)13-6-8-23(9-7-13)15-5-4-14(10-21-15)17(18,19)20/h4-5,10-13H,6-9H2,1-3H3,(H,22,24)/t12-/m1/s1. The van der Waals surface area contributed by atoms with Gasteiger partial charge in [0.2, 0.25) is 5.91 Å². The van der Waals surface area contributed by atoms with Gasteiger partial charge in [0.05, 0.1) is 5.56 Å². The number of hydrogen-bond donors (Lipinski definition) is 1. The normalized spacial score (nSPS) is 17.9. The predicted molar refractivity (Wildman–Crippen MR) is 86.6 cm³/mol. The summed E-state index contributed by atoms with van der Waals surface area (Å²) in [5.41, 5.74) is -0.747. The van der Waals surface area contributed by atoms with Gasteiger partial charge in [-0.05, 0) is 37.8 Å². The summed E-state index contributed by atoms with van der Waals surface area (Å²) in [5, 5.41) is 3.03. The van der Waals surface area contributed by atoms with Gasteiger partial charge >= 0.3 is 6.18 Å². The second kappa shape index (κ2) is 7.40. The molecule has 0 saturated carbocycles. The average Bonchev–Trinajstić information content (AvgIpc) is 2.54. The van der Waals surface area contributed by atoms with Crippen LogP contribution in [0.4, 0.5) is 19.0 Å². The van der Waals surface area contributed by atoms with Gasteiger partial charge in [-0.3, -0.25) is 4.79 Å². The monoisotopic (exact) mass is 343 g/mol. The maximum Gasteiger partial charge on any atom is 0.417 e. The van der Waals surface area contributed by atoms with Gasteiger partial charge in [0, 0.05) is 31.2 Å². The van der Waals surface area contributed by atoms with Crippen LogP contribution in [0.1, 0.15) is 39.2 Å². The van der Waals surface area contributed by atoms with E-state index in [9.17, 15) is 18.0 Å². The maximum atomic E-state index is 12.6. The second-order valence-corrected chi connectivity index (χ2v) is 6.71. The first-order valence-corrected chi connectivity index (χ1v) is 8.27. The first-order valence-electron chi connectivity index (χ1n) is 8.27. The predicted octanol–water partition coefficient (Wildman–Crippen LogP) is 3.48. The number of carbonyl (C=O) groups excluding carboxylic acids is 1. The van der Waals surface area contributed by atoms with E-state index in [0.717, 1.165) is 12.3 Å². The van der Waals surface area contributed by atoms with Gasteiger partial charge in [0.1, 0.15) is 5.82 Å². The molecule has 1 saturated heterocycles. The van der Waals surface area contributed by atoms with Crippen molar-refractivity contribution in [3.05, 3.63) is 23.9 Å². The van der Waals surface area contributed by atoms with Crippen molar-refractivity contribution in [1.82, 2.24) is 10.3 Å². The zero-order valence-corrected chi connectivity index (χ0v) is 14.2. The lowest BCUT2D eigenvalue weighted by Crippen LogP contribution is -2.44. The van der Waals surface area contributed by atoms with Crippen LogP contribution in [0, 0.1) is 11.8 Å². The molecule has 1 aromatic heterocycles. The van der Waals surface area contributed by atoms with Crippen molar-refractivity contribution in [2.24, 2.45) is 11.8 Å². The summed E-state index contributed by atoms with van der Waals surface area (Å²) < 4.78 is 37.7. The summed E-state index contributed by atoms with van der Waals surface area (Å²) in [5.74, 6) is 0.927. The highest BCUT2D eigenvalue weighted by Crippen LogP contribution is 2.30. The third-order valence-corrected chi connectivity index (χ3v) is 4.63. The molecule has 0 bridgehead atoms. The Bertz CT molecular complexity index is 549. The molecule has 0 aliphatic carbocycles. The van der Waals surface area contributed by atoms with E-state index in [4.69, 9.17) is 0 Å². The first kappa shape index (κ1) is 18.5. The first-order chi connectivity index (χ1) is 11.2. The fourth-order valence-electron chi connectivity index (χ4n) is 2.62. The van der Waals surface area contributed by atoms with Crippen molar-refractivity contribution >= 4 is 11.7 Å². The van der Waals surface area contributed by atoms with E-state index in [-0.39, 0.29) is 17.9 Å². The van der Waals surface area contributed by atoms with E-state index in [2.05, 4.69) is 24.1 Å². The van der Waals surface area contributed by atoms with Crippen molar-refractivity contribution in [2.75, 3.05) is 18.0 Å². The van der Waals surface area contributed by atoms with E-state index in [1.807, 2.05) is 11.8 Å². The van der Waals surface area contributed by atoms with E-state index in [1.165, 1.54) is 6.07 Å². The number of pyridine rings is 1. The van der Waals surface area contributed by atoms with Gasteiger partial charge in [0.25, 0.3) is 0 Å². The van der Waals surface area contributed by atoms with Crippen LogP contribution in [0.2, 0.25) is 0 Å². The van der Waals surface area contributed by atoms with Crippen LogP contribution >= 0.6 is 0 Å². The average molecular weight is 343 g/mol. The van der Waals surface area contributed by atoms with E-state index < -0.39 is 11.7 Å². The van der Waals surface area contributed by atoms with Gasteiger partial charge in [-0.15, -0.1) is 0 Å². The lowest BCUT2D eigenvalue weighted by molar-refractivity contribution is -0.137. The Morgan fingerprint density at radius 2 is 1.88 bits per heavy atom. The maximum absolute atomic E-state index is 12.6. The third kappa shape index (κ3) is 4.61. The minimum atomic E-state index is -4.37. The largest absolute Gasteiger partial charge is 0.417 e. The summed E-state index contributed by atoms with van der Waals surface area (Å²) in [6.45, 7) is 7.34. The molecule has 1 atom stereocenters. The van der Waals surface area contributed by atoms with Crippen molar-refractivity contribution in [2.45, 2.75) is 45.8 Å². The van der Waals surface area contributed by atoms with E-state index >= 15 is 0 Å². The highest BCUT2D eigenvalue weighted by atomic mass is 19.4. The van der Waals surface area contributed by atoms with Crippen molar-refractivity contribution in [1.29, 1.82) is 0 Å². The zero-order valence-electron chi connectivity index (χ0n) is 14.2. The zero-order chi connectivity index (χ0) is 17.9. The Morgan fingerprint density at radius 3 is 2.33 bits per heavy atom. The summed E-state index contributed by atoms with van der Waals surface area (Å²) in [4.78, 5) is 18.1. The molecule has 134 valence electrons. The Balaban J connectivity index is 1.89. The van der Waals surface area contributed by atoms with Gasteiger partial charge in [0.15, 0.2) is 0 Å². The summed E-state index contributed by atoms with van der Waals surface area (Å²) in [6, 6.07) is 2.57. The smallest absolute Gasteiger partial charge is 0.357 e. The van der Waals surface area contributed by atoms with Crippen LogP contribution in [0.25, 0.3) is 0 Å². The molecule has 7 heteroatoms. The number of nitrogens with one attached hydrogen (secondary N) is 1. The minimum absolute atomic E-state index is 0.0445. The van der Waals surface area contributed by atoms with Crippen LogP contribution in [0.3, 0.4) is 0 Å². The number of anilines is 1. The number of amides is 1. The molecule has 1 N–H and O–H groups in total. The molecule has 1 fully saturated rings. The quantitative estimate of drug-likeness (QED) is 0.910. The third-order valence-electron chi connectivity index (χ3n) is 4.63. The molecule has 2 rings (SSSR count). The van der Waals surface area contributed by atoms with E-state index in [0.29, 0.717) is 37.7 Å². The van der Waals surface area contributed by atoms with Crippen LogP contribution in [0.5, 0.6) is 0 Å². The highest BCUT2D eigenvalue weighted by molar-refractivity contribution is 5.79. The van der Waals surface area contributed by atoms with Crippen LogP contribution in [0.15, 0.2) is 18.3 Å². The molecule has 0 unspecified atom stereocenters. The molecular formula is C17H24F3N3O. The number of piperidine rings is 1. The lowest BCUT2D eigenvalue weighted by Gasteiger charge is -2.33. The Morgan fingerprint density at radius 1 is 1.25 bits per heavy atom. The summed E-state index contributed by atoms with van der Waals surface area (Å²) in [7, 11) is 0. The van der Waals surface area contributed by atoms with Crippen LogP contribution in [-0.4, -0.2) is 30.0 Å². The van der Waals surface area contributed by atoms with Crippen LogP contribution in [-0.2, 0) is 11.0 Å². The molecule has 2 heterocycles. The molecule has 1 amide bonds. The lowest BCUT2D eigenvalue weighted by atomic mass is 9.95.